The minimum absolute atomic E-state index is 0.189. The smallest absolute Gasteiger partial charge is 0.387 e. The Morgan fingerprint density at radius 2 is 2.25 bits per heavy atom. The molecule has 0 spiro atoms. The molecule has 112 valence electrons. The summed E-state index contributed by atoms with van der Waals surface area (Å²) in [6.07, 6.45) is -1.90. The monoisotopic (exact) mass is 306 g/mol. The van der Waals surface area contributed by atoms with Gasteiger partial charge in [-0.25, -0.2) is 4.98 Å². The van der Waals surface area contributed by atoms with Gasteiger partial charge in [0.05, 0.1) is 11.2 Å². The highest BCUT2D eigenvalue weighted by Crippen LogP contribution is 2.41. The molecule has 1 aliphatic rings. The summed E-state index contributed by atoms with van der Waals surface area (Å²) in [5.41, 5.74) is -1.56. The lowest BCUT2D eigenvalue weighted by Crippen LogP contribution is -2.54. The summed E-state index contributed by atoms with van der Waals surface area (Å²) in [7, 11) is 0. The number of anilines is 1. The van der Waals surface area contributed by atoms with Crippen LogP contribution in [0.25, 0.3) is 0 Å². The number of rotatable bonds is 5. The minimum Gasteiger partial charge on any atom is -0.387 e. The highest BCUT2D eigenvalue weighted by atomic mass is 32.2. The van der Waals surface area contributed by atoms with Crippen molar-refractivity contribution in [2.45, 2.75) is 36.8 Å². The zero-order valence-corrected chi connectivity index (χ0v) is 11.9. The third-order valence-corrected chi connectivity index (χ3v) is 4.88. The van der Waals surface area contributed by atoms with Crippen molar-refractivity contribution >= 4 is 17.6 Å². The first-order valence-corrected chi connectivity index (χ1v) is 7.51. The van der Waals surface area contributed by atoms with Crippen molar-refractivity contribution in [1.29, 1.82) is 0 Å². The molecule has 2 unspecified atom stereocenters. The molecule has 0 aliphatic heterocycles. The highest BCUT2D eigenvalue weighted by Gasteiger charge is 2.45. The predicted molar refractivity (Wildman–Crippen MR) is 73.8 cm³/mol. The van der Waals surface area contributed by atoms with Gasteiger partial charge in [0, 0.05) is 18.0 Å². The van der Waals surface area contributed by atoms with Crippen molar-refractivity contribution in [2.75, 3.05) is 17.6 Å². The second kappa shape index (κ2) is 5.81. The summed E-state index contributed by atoms with van der Waals surface area (Å²) in [6, 6.07) is 2.27. The van der Waals surface area contributed by atoms with Crippen LogP contribution in [-0.2, 0) is 6.18 Å². The number of aliphatic hydroxyl groups is 1. The second-order valence-corrected chi connectivity index (χ2v) is 6.35. The van der Waals surface area contributed by atoms with E-state index in [2.05, 4.69) is 10.3 Å². The minimum atomic E-state index is -4.37. The fourth-order valence-electron chi connectivity index (χ4n) is 2.15. The van der Waals surface area contributed by atoms with E-state index in [1.807, 2.05) is 6.92 Å². The van der Waals surface area contributed by atoms with Crippen LogP contribution in [0.5, 0.6) is 0 Å². The Morgan fingerprint density at radius 3 is 2.70 bits per heavy atom. The molecule has 20 heavy (non-hydrogen) atoms. The van der Waals surface area contributed by atoms with Crippen LogP contribution in [0, 0.1) is 0 Å². The van der Waals surface area contributed by atoms with Crippen LogP contribution in [0.15, 0.2) is 18.3 Å². The van der Waals surface area contributed by atoms with E-state index < -0.39 is 17.3 Å². The molecule has 0 aromatic carbocycles. The lowest BCUT2D eigenvalue weighted by atomic mass is 9.79. The van der Waals surface area contributed by atoms with E-state index in [-0.39, 0.29) is 5.25 Å². The molecule has 1 fully saturated rings. The first-order valence-electron chi connectivity index (χ1n) is 6.46. The number of hydrogen-bond acceptors (Lipinski definition) is 4. The van der Waals surface area contributed by atoms with E-state index in [4.69, 9.17) is 0 Å². The average molecular weight is 306 g/mol. The van der Waals surface area contributed by atoms with Crippen molar-refractivity contribution < 1.29 is 18.3 Å². The van der Waals surface area contributed by atoms with Crippen molar-refractivity contribution in [1.82, 2.24) is 4.98 Å². The van der Waals surface area contributed by atoms with Crippen molar-refractivity contribution in [2.24, 2.45) is 0 Å². The van der Waals surface area contributed by atoms with Crippen molar-refractivity contribution in [3.63, 3.8) is 0 Å². The van der Waals surface area contributed by atoms with Crippen LogP contribution in [0.1, 0.15) is 25.3 Å². The van der Waals surface area contributed by atoms with E-state index in [0.29, 0.717) is 18.8 Å². The molecule has 1 heterocycles. The first-order chi connectivity index (χ1) is 9.35. The van der Waals surface area contributed by atoms with Gasteiger partial charge in [-0.3, -0.25) is 0 Å². The van der Waals surface area contributed by atoms with E-state index in [1.165, 1.54) is 6.07 Å². The Bertz CT molecular complexity index is 452. The molecule has 0 radical (unpaired) electrons. The van der Waals surface area contributed by atoms with Gasteiger partial charge in [-0.2, -0.15) is 24.9 Å². The summed E-state index contributed by atoms with van der Waals surface area (Å²) in [5.74, 6) is 1.28. The predicted octanol–water partition coefficient (Wildman–Crippen LogP) is 3.16. The van der Waals surface area contributed by atoms with E-state index >= 15 is 0 Å². The average Bonchev–Trinajstić information content (AvgIpc) is 2.40. The number of hydrogen-bond donors (Lipinski definition) is 2. The Morgan fingerprint density at radius 1 is 1.50 bits per heavy atom. The molecule has 1 saturated carbocycles. The normalized spacial score (nSPS) is 26.1. The van der Waals surface area contributed by atoms with Crippen LogP contribution in [0.3, 0.4) is 0 Å². The van der Waals surface area contributed by atoms with Crippen LogP contribution in [0.4, 0.5) is 19.0 Å². The van der Waals surface area contributed by atoms with Gasteiger partial charge in [0.1, 0.15) is 5.82 Å². The molecule has 1 aliphatic carbocycles. The fraction of sp³-hybridized carbons (Fsp3) is 0.615. The van der Waals surface area contributed by atoms with Crippen LogP contribution < -0.4 is 5.32 Å². The van der Waals surface area contributed by atoms with Crippen LogP contribution >= 0.6 is 11.8 Å². The summed E-state index contributed by atoms with van der Waals surface area (Å²) < 4.78 is 37.2. The van der Waals surface area contributed by atoms with E-state index in [1.54, 1.807) is 11.8 Å². The van der Waals surface area contributed by atoms with Gasteiger partial charge in [0.2, 0.25) is 0 Å². The molecule has 0 amide bonds. The number of halogens is 3. The third kappa shape index (κ3) is 3.38. The number of pyridine rings is 1. The second-order valence-electron chi connectivity index (χ2n) is 4.87. The molecule has 0 bridgehead atoms. The quantitative estimate of drug-likeness (QED) is 0.877. The molecule has 0 saturated heterocycles. The topological polar surface area (TPSA) is 45.1 Å². The maximum atomic E-state index is 12.4. The van der Waals surface area contributed by atoms with E-state index in [9.17, 15) is 18.3 Å². The van der Waals surface area contributed by atoms with Gasteiger partial charge in [0.25, 0.3) is 0 Å². The lowest BCUT2D eigenvalue weighted by molar-refractivity contribution is -0.137. The number of thioether (sulfide) groups is 1. The Labute approximate surface area is 120 Å². The Kier molecular flexibility index (Phi) is 4.49. The molecule has 2 atom stereocenters. The largest absolute Gasteiger partial charge is 0.417 e. The molecule has 2 rings (SSSR count). The van der Waals surface area contributed by atoms with Gasteiger partial charge in [-0.15, -0.1) is 0 Å². The van der Waals surface area contributed by atoms with E-state index in [0.717, 1.165) is 24.4 Å². The molecular formula is C13H17F3N2OS. The number of aromatic nitrogens is 1. The third-order valence-electron chi connectivity index (χ3n) is 3.47. The summed E-state index contributed by atoms with van der Waals surface area (Å²) in [4.78, 5) is 3.73. The zero-order valence-electron chi connectivity index (χ0n) is 11.1. The standard InChI is InChI=1S/C13H17F3N2OS/c1-2-20-10-5-6-12(10,19)8-18-11-4-3-9(7-17-11)13(14,15)16/h3-4,7,10,19H,2,5-6,8H2,1H3,(H,17,18). The van der Waals surface area contributed by atoms with Crippen molar-refractivity contribution in [3.05, 3.63) is 23.9 Å². The molecule has 7 heteroatoms. The molecule has 1 aromatic rings. The van der Waals surface area contributed by atoms with Gasteiger partial charge in [-0.05, 0) is 30.7 Å². The summed E-state index contributed by atoms with van der Waals surface area (Å²) in [6.45, 7) is 2.34. The molecule has 3 nitrogen and oxygen atoms in total. The van der Waals surface area contributed by atoms with Gasteiger partial charge >= 0.3 is 6.18 Å². The SMILES string of the molecule is CCSC1CCC1(O)CNc1ccc(C(F)(F)F)cn1. The number of nitrogens with one attached hydrogen (secondary N) is 1. The lowest BCUT2D eigenvalue weighted by Gasteiger charge is -2.45. The van der Waals surface area contributed by atoms with Crippen molar-refractivity contribution in [3.8, 4) is 0 Å². The van der Waals surface area contributed by atoms with Gasteiger partial charge in [0.15, 0.2) is 0 Å². The maximum absolute atomic E-state index is 12.4. The van der Waals surface area contributed by atoms with Crippen LogP contribution in [-0.4, -0.2) is 33.2 Å². The van der Waals surface area contributed by atoms with Gasteiger partial charge in [-0.1, -0.05) is 6.92 Å². The Balaban J connectivity index is 1.91. The Hall–Kier alpha value is -0.950. The summed E-state index contributed by atoms with van der Waals surface area (Å²) in [5, 5.41) is 13.5. The zero-order chi connectivity index (χ0) is 14.8. The highest BCUT2D eigenvalue weighted by molar-refractivity contribution is 8.00. The molecular weight excluding hydrogens is 289 g/mol. The maximum Gasteiger partial charge on any atom is 0.417 e. The van der Waals surface area contributed by atoms with Gasteiger partial charge < -0.3 is 10.4 Å². The summed E-state index contributed by atoms with van der Waals surface area (Å²) >= 11 is 1.71. The number of nitrogens with zero attached hydrogens (tertiary/aromatic N) is 1. The molecule has 1 aromatic heterocycles. The first kappa shape index (κ1) is 15.4. The fourth-order valence-corrected chi connectivity index (χ4v) is 3.35. The number of alkyl halides is 3. The molecule has 2 N–H and O–H groups in total. The van der Waals surface area contributed by atoms with Crippen LogP contribution in [0.2, 0.25) is 0 Å².